The number of piperazine rings is 1. The van der Waals surface area contributed by atoms with Crippen LogP contribution in [0.2, 0.25) is 0 Å². The van der Waals surface area contributed by atoms with Crippen LogP contribution in [0.25, 0.3) is 11.4 Å². The Balaban J connectivity index is 1.76. The third-order valence-electron chi connectivity index (χ3n) is 5.51. The summed E-state index contributed by atoms with van der Waals surface area (Å²) in [5.41, 5.74) is 0.802. The van der Waals surface area contributed by atoms with Gasteiger partial charge >= 0.3 is 12.1 Å². The van der Waals surface area contributed by atoms with Crippen molar-refractivity contribution in [1.82, 2.24) is 25.1 Å². The van der Waals surface area contributed by atoms with Crippen molar-refractivity contribution < 1.29 is 29.0 Å². The van der Waals surface area contributed by atoms with E-state index in [2.05, 4.69) is 21.2 Å². The first-order valence-electron chi connectivity index (χ1n) is 11.5. The van der Waals surface area contributed by atoms with E-state index in [1.807, 2.05) is 6.07 Å². The second-order valence-electron chi connectivity index (χ2n) is 7.94. The Morgan fingerprint density at radius 1 is 1.11 bits per heavy atom. The van der Waals surface area contributed by atoms with Gasteiger partial charge in [0.05, 0.1) is 6.61 Å². The summed E-state index contributed by atoms with van der Waals surface area (Å²) in [6.45, 7) is 2.94. The van der Waals surface area contributed by atoms with E-state index < -0.39 is 29.9 Å². The lowest BCUT2D eigenvalue weighted by atomic mass is 10.1. The number of nitrogens with one attached hydrogen (secondary N) is 1. The number of carboxylic acid groups (broad SMARTS) is 1. The first-order chi connectivity index (χ1) is 17.3. The summed E-state index contributed by atoms with van der Waals surface area (Å²) in [5.74, 6) is 0.423. The molecule has 188 valence electrons. The molecule has 36 heavy (non-hydrogen) atoms. The lowest BCUT2D eigenvalue weighted by molar-refractivity contribution is -0.138. The number of aromatic nitrogens is 2. The molecular formula is C25H27N5O6. The number of hydrogen-bond donors (Lipinski definition) is 2. The number of aliphatic carboxylic acids is 1. The molecule has 2 N–H and O–H groups in total. The Morgan fingerprint density at radius 2 is 1.78 bits per heavy atom. The molecule has 1 aromatic heterocycles. The molecule has 2 heterocycles. The molecule has 0 radical (unpaired) electrons. The van der Waals surface area contributed by atoms with Crippen molar-refractivity contribution in [2.75, 3.05) is 32.8 Å². The van der Waals surface area contributed by atoms with Crippen molar-refractivity contribution in [3.8, 4) is 23.7 Å². The Labute approximate surface area is 208 Å². The molecule has 11 heteroatoms. The third kappa shape index (κ3) is 6.79. The zero-order chi connectivity index (χ0) is 26.1. The summed E-state index contributed by atoms with van der Waals surface area (Å²) < 4.78 is 4.99. The highest BCUT2D eigenvalue weighted by molar-refractivity contribution is 5.96. The van der Waals surface area contributed by atoms with Crippen molar-refractivity contribution in [2.45, 2.75) is 25.8 Å². The van der Waals surface area contributed by atoms with E-state index in [1.165, 1.54) is 15.9 Å². The number of carbonyl (C=O) groups excluding carboxylic acids is 3. The van der Waals surface area contributed by atoms with Crippen LogP contribution in [0.4, 0.5) is 4.79 Å². The Bertz CT molecular complexity index is 1160. The van der Waals surface area contributed by atoms with Gasteiger partial charge in [0.25, 0.3) is 5.91 Å². The van der Waals surface area contributed by atoms with Crippen molar-refractivity contribution in [3.63, 3.8) is 0 Å². The van der Waals surface area contributed by atoms with Crippen LogP contribution in [0.5, 0.6) is 0 Å². The quantitative estimate of drug-likeness (QED) is 0.526. The van der Waals surface area contributed by atoms with Crippen LogP contribution in [0, 0.1) is 12.3 Å². The molecule has 0 aliphatic carbocycles. The molecule has 3 amide bonds. The fourth-order valence-corrected chi connectivity index (χ4v) is 3.66. The highest BCUT2D eigenvalue weighted by atomic mass is 16.6. The Kier molecular flexibility index (Phi) is 8.94. The van der Waals surface area contributed by atoms with Gasteiger partial charge in [-0.05, 0) is 13.3 Å². The summed E-state index contributed by atoms with van der Waals surface area (Å²) in [7, 11) is 0. The summed E-state index contributed by atoms with van der Waals surface area (Å²) in [6, 6.07) is 9.18. The second kappa shape index (κ2) is 12.3. The minimum absolute atomic E-state index is 0.0444. The monoisotopic (exact) mass is 493 g/mol. The number of rotatable bonds is 8. The third-order valence-corrected chi connectivity index (χ3v) is 5.51. The summed E-state index contributed by atoms with van der Waals surface area (Å²) >= 11 is 0. The second-order valence-corrected chi connectivity index (χ2v) is 7.94. The van der Waals surface area contributed by atoms with Crippen LogP contribution in [0.1, 0.15) is 35.9 Å². The van der Waals surface area contributed by atoms with Crippen LogP contribution in [0.3, 0.4) is 0 Å². The number of amides is 3. The topological polar surface area (TPSA) is 142 Å². The molecule has 3 rings (SSSR count). The van der Waals surface area contributed by atoms with E-state index in [4.69, 9.17) is 16.3 Å². The zero-order valence-electron chi connectivity index (χ0n) is 19.8. The molecule has 1 aliphatic heterocycles. The predicted octanol–water partition coefficient (Wildman–Crippen LogP) is 1.39. The van der Waals surface area contributed by atoms with Crippen molar-refractivity contribution in [1.29, 1.82) is 0 Å². The number of terminal acetylenes is 1. The highest BCUT2D eigenvalue weighted by Crippen LogP contribution is 2.16. The van der Waals surface area contributed by atoms with E-state index >= 15 is 0 Å². The molecule has 1 aliphatic rings. The molecule has 0 bridgehead atoms. The average Bonchev–Trinajstić information content (AvgIpc) is 2.90. The minimum Gasteiger partial charge on any atom is -0.481 e. The highest BCUT2D eigenvalue weighted by Gasteiger charge is 2.31. The van der Waals surface area contributed by atoms with Crippen molar-refractivity contribution in [3.05, 3.63) is 47.8 Å². The smallest absolute Gasteiger partial charge is 0.409 e. The van der Waals surface area contributed by atoms with Gasteiger partial charge in [0.1, 0.15) is 17.4 Å². The van der Waals surface area contributed by atoms with E-state index in [0.717, 1.165) is 0 Å². The maximum absolute atomic E-state index is 13.2. The molecule has 0 unspecified atom stereocenters. The number of hydrogen-bond acceptors (Lipinski definition) is 7. The first-order valence-corrected chi connectivity index (χ1v) is 11.5. The van der Waals surface area contributed by atoms with Gasteiger partial charge in [-0.1, -0.05) is 36.3 Å². The lowest BCUT2D eigenvalue weighted by Gasteiger charge is -2.35. The lowest BCUT2D eigenvalue weighted by Crippen LogP contribution is -2.56. The number of nitrogens with zero attached hydrogens (tertiary/aromatic N) is 4. The number of benzene rings is 1. The van der Waals surface area contributed by atoms with Crippen molar-refractivity contribution in [2.24, 2.45) is 0 Å². The normalized spacial score (nSPS) is 13.9. The van der Waals surface area contributed by atoms with Crippen molar-refractivity contribution >= 4 is 23.9 Å². The van der Waals surface area contributed by atoms with Gasteiger partial charge in [-0.2, -0.15) is 0 Å². The van der Waals surface area contributed by atoms with Gasteiger partial charge in [0, 0.05) is 44.2 Å². The summed E-state index contributed by atoms with van der Waals surface area (Å²) in [6.07, 6.45) is 4.61. The van der Waals surface area contributed by atoms with Gasteiger partial charge < -0.3 is 25.0 Å². The van der Waals surface area contributed by atoms with Crippen LogP contribution < -0.4 is 5.32 Å². The number of carboxylic acids is 1. The van der Waals surface area contributed by atoms with Gasteiger partial charge in [-0.3, -0.25) is 14.4 Å². The molecule has 0 spiro atoms. The van der Waals surface area contributed by atoms with E-state index in [-0.39, 0.29) is 62.8 Å². The Hall–Kier alpha value is -4.46. The average molecular weight is 494 g/mol. The molecule has 1 atom stereocenters. The van der Waals surface area contributed by atoms with Gasteiger partial charge in [0.15, 0.2) is 5.82 Å². The summed E-state index contributed by atoms with van der Waals surface area (Å²) in [4.78, 5) is 61.0. The standard InChI is InChI=1S/C25H27N5O6/c1-3-18-16-20(27-22(26-18)17-8-6-5-7-9-17)23(33)28-19(10-11-21(31)32)24(34)29-12-14-30(15-13-29)25(35)36-4-2/h1,5-9,16,19H,4,10-15H2,2H3,(H,28,33)(H,31,32)/t19-/m0/s1. The molecule has 2 aromatic rings. The minimum atomic E-state index is -1.10. The maximum Gasteiger partial charge on any atom is 0.409 e. The number of carbonyl (C=O) groups is 4. The largest absolute Gasteiger partial charge is 0.481 e. The predicted molar refractivity (Wildman–Crippen MR) is 129 cm³/mol. The molecule has 1 fully saturated rings. The van der Waals surface area contributed by atoms with Gasteiger partial charge in [-0.15, -0.1) is 6.42 Å². The fourth-order valence-electron chi connectivity index (χ4n) is 3.66. The van der Waals surface area contributed by atoms with Crippen LogP contribution in [-0.2, 0) is 14.3 Å². The first kappa shape index (κ1) is 26.2. The van der Waals surface area contributed by atoms with Gasteiger partial charge in [-0.25, -0.2) is 14.8 Å². The van der Waals surface area contributed by atoms with Crippen LogP contribution in [0.15, 0.2) is 36.4 Å². The summed E-state index contributed by atoms with van der Waals surface area (Å²) in [5, 5.41) is 11.8. The fraction of sp³-hybridized carbons (Fsp3) is 0.360. The Morgan fingerprint density at radius 3 is 2.39 bits per heavy atom. The van der Waals surface area contributed by atoms with Crippen LogP contribution in [-0.4, -0.2) is 87.6 Å². The molecule has 11 nitrogen and oxygen atoms in total. The van der Waals surface area contributed by atoms with Gasteiger partial charge in [0.2, 0.25) is 5.91 Å². The molecule has 1 aromatic carbocycles. The number of ether oxygens (including phenoxy) is 1. The SMILES string of the molecule is C#Cc1cc(C(=O)N[C@@H](CCC(=O)O)C(=O)N2CCN(C(=O)OCC)CC2)nc(-c2ccccc2)n1. The van der Waals surface area contributed by atoms with E-state index in [1.54, 1.807) is 31.2 Å². The molecule has 1 saturated heterocycles. The maximum atomic E-state index is 13.2. The van der Waals surface area contributed by atoms with E-state index in [0.29, 0.717) is 5.56 Å². The molecule has 0 saturated carbocycles. The van der Waals surface area contributed by atoms with Crippen LogP contribution >= 0.6 is 0 Å². The van der Waals surface area contributed by atoms with E-state index in [9.17, 15) is 19.2 Å². The molecular weight excluding hydrogens is 466 g/mol. The zero-order valence-corrected chi connectivity index (χ0v) is 19.8.